The molecule has 1 aromatic carbocycles. The summed E-state index contributed by atoms with van der Waals surface area (Å²) in [6.45, 7) is 6.68. The van der Waals surface area contributed by atoms with Crippen LogP contribution in [0.25, 0.3) is 5.65 Å². The Kier molecular flexibility index (Phi) is 7.34. The van der Waals surface area contributed by atoms with Gasteiger partial charge in [0.15, 0.2) is 5.65 Å². The van der Waals surface area contributed by atoms with Crippen LogP contribution in [-0.4, -0.2) is 53.1 Å². The van der Waals surface area contributed by atoms with Crippen LogP contribution in [0, 0.1) is 0 Å². The summed E-state index contributed by atoms with van der Waals surface area (Å²) in [4.78, 5) is 9.06. The number of benzene rings is 1. The molecule has 29 heavy (non-hydrogen) atoms. The zero-order valence-electron chi connectivity index (χ0n) is 17.2. The highest BCUT2D eigenvalue weighted by atomic mass is 16.5. The quantitative estimate of drug-likeness (QED) is 0.471. The number of anilines is 1. The molecule has 0 spiro atoms. The molecule has 0 saturated heterocycles. The van der Waals surface area contributed by atoms with E-state index in [1.165, 1.54) is 0 Å². The van der Waals surface area contributed by atoms with Crippen LogP contribution < -0.4 is 15.8 Å². The van der Waals surface area contributed by atoms with Crippen molar-refractivity contribution in [1.29, 1.82) is 0 Å². The van der Waals surface area contributed by atoms with Gasteiger partial charge in [0.2, 0.25) is 5.95 Å². The number of methoxy groups -OCH3 is 1. The number of nitrogens with zero attached hydrogens (tertiary/aromatic N) is 4. The molecule has 0 aliphatic heterocycles. The fourth-order valence-electron chi connectivity index (χ4n) is 2.82. The predicted molar refractivity (Wildman–Crippen MR) is 109 cm³/mol. The summed E-state index contributed by atoms with van der Waals surface area (Å²) in [5, 5.41) is 7.80. The average Bonchev–Trinajstić information content (AvgIpc) is 3.13. The van der Waals surface area contributed by atoms with Crippen molar-refractivity contribution in [2.45, 2.75) is 26.3 Å². The first-order chi connectivity index (χ1) is 14.1. The number of quaternary nitrogens is 1. The molecule has 0 fully saturated rings. The maximum Gasteiger partial charge on any atom is 0.321 e. The molecule has 0 atom stereocenters. The first-order valence-corrected chi connectivity index (χ1v) is 9.68. The highest BCUT2D eigenvalue weighted by molar-refractivity contribution is 5.53. The SMILES string of the molecule is COCCOCCOc1nc(NCc2cccc([NH3+])c2)n2ncc(C(C)C)c2n1. The highest BCUT2D eigenvalue weighted by Gasteiger charge is 2.16. The fourth-order valence-corrected chi connectivity index (χ4v) is 2.82. The monoisotopic (exact) mass is 401 g/mol. The van der Waals surface area contributed by atoms with Gasteiger partial charge in [-0.25, -0.2) is 0 Å². The van der Waals surface area contributed by atoms with Gasteiger partial charge in [-0.2, -0.15) is 19.6 Å². The van der Waals surface area contributed by atoms with Crippen molar-refractivity contribution in [3.05, 3.63) is 41.6 Å². The third kappa shape index (κ3) is 5.63. The van der Waals surface area contributed by atoms with E-state index in [1.807, 2.05) is 30.5 Å². The van der Waals surface area contributed by atoms with Crippen molar-refractivity contribution in [2.24, 2.45) is 0 Å². The third-order valence-corrected chi connectivity index (χ3v) is 4.33. The molecule has 2 aromatic heterocycles. The molecule has 9 heteroatoms. The highest BCUT2D eigenvalue weighted by Crippen LogP contribution is 2.23. The minimum Gasteiger partial charge on any atom is -0.461 e. The van der Waals surface area contributed by atoms with Crippen molar-refractivity contribution in [1.82, 2.24) is 19.6 Å². The fraction of sp³-hybridized carbons (Fsp3) is 0.450. The van der Waals surface area contributed by atoms with Crippen LogP contribution in [-0.2, 0) is 16.0 Å². The van der Waals surface area contributed by atoms with Gasteiger partial charge >= 0.3 is 6.01 Å². The van der Waals surface area contributed by atoms with Crippen LogP contribution >= 0.6 is 0 Å². The standard InChI is InChI=1S/C20H28N6O3/c1-14(2)17-13-23-26-18(17)24-20(29-10-9-28-8-7-27-3)25-19(26)22-12-15-5-4-6-16(21)11-15/h4-6,11,13-14H,7-10,12,21H2,1-3H3,(H,22,24,25)/p+1. The van der Waals surface area contributed by atoms with Crippen molar-refractivity contribution < 1.29 is 19.9 Å². The molecule has 2 heterocycles. The van der Waals surface area contributed by atoms with Crippen LogP contribution in [0.5, 0.6) is 6.01 Å². The second-order valence-corrected chi connectivity index (χ2v) is 6.95. The second kappa shape index (κ2) is 10.1. The van der Waals surface area contributed by atoms with Gasteiger partial charge in [-0.1, -0.05) is 26.0 Å². The number of rotatable bonds is 11. The van der Waals surface area contributed by atoms with Crippen LogP contribution in [0.15, 0.2) is 30.5 Å². The lowest BCUT2D eigenvalue weighted by molar-refractivity contribution is -0.254. The lowest BCUT2D eigenvalue weighted by Crippen LogP contribution is -2.40. The van der Waals surface area contributed by atoms with Gasteiger partial charge < -0.3 is 25.3 Å². The van der Waals surface area contributed by atoms with Crippen molar-refractivity contribution in [2.75, 3.05) is 38.9 Å². The van der Waals surface area contributed by atoms with Crippen LogP contribution in [0.2, 0.25) is 0 Å². The zero-order chi connectivity index (χ0) is 20.6. The minimum absolute atomic E-state index is 0.281. The molecular formula is C20H29N6O3+. The molecule has 3 rings (SSSR count). The Bertz CT molecular complexity index is 928. The molecule has 0 radical (unpaired) electrons. The van der Waals surface area contributed by atoms with Crippen LogP contribution in [0.4, 0.5) is 11.6 Å². The van der Waals surface area contributed by atoms with Crippen LogP contribution in [0.1, 0.15) is 30.9 Å². The Labute approximate surface area is 170 Å². The van der Waals surface area contributed by atoms with Gasteiger partial charge in [0.25, 0.3) is 0 Å². The average molecular weight is 401 g/mol. The molecule has 156 valence electrons. The van der Waals surface area contributed by atoms with E-state index in [4.69, 9.17) is 14.2 Å². The lowest BCUT2D eigenvalue weighted by atomic mass is 10.1. The normalized spacial score (nSPS) is 11.3. The molecule has 0 bridgehead atoms. The molecule has 0 unspecified atom stereocenters. The number of hydrogen-bond acceptors (Lipinski definition) is 7. The number of aromatic nitrogens is 4. The summed E-state index contributed by atoms with van der Waals surface area (Å²) in [7, 11) is 1.64. The summed E-state index contributed by atoms with van der Waals surface area (Å²) in [6, 6.07) is 8.32. The van der Waals surface area contributed by atoms with E-state index in [2.05, 4.69) is 40.0 Å². The molecule has 4 N–H and O–H groups in total. The molecule has 3 aromatic rings. The molecule has 0 saturated carbocycles. The lowest BCUT2D eigenvalue weighted by Gasteiger charge is -2.11. The van der Waals surface area contributed by atoms with Crippen molar-refractivity contribution >= 4 is 17.3 Å². The first-order valence-electron chi connectivity index (χ1n) is 9.68. The smallest absolute Gasteiger partial charge is 0.321 e. The molecular weight excluding hydrogens is 372 g/mol. The Morgan fingerprint density at radius 1 is 1.14 bits per heavy atom. The van der Waals surface area contributed by atoms with Crippen molar-refractivity contribution in [3.63, 3.8) is 0 Å². The summed E-state index contributed by atoms with van der Waals surface area (Å²) in [6.07, 6.45) is 1.83. The Morgan fingerprint density at radius 2 is 1.97 bits per heavy atom. The van der Waals surface area contributed by atoms with Crippen LogP contribution in [0.3, 0.4) is 0 Å². The minimum atomic E-state index is 0.281. The van der Waals surface area contributed by atoms with Gasteiger partial charge in [0.05, 0.1) is 26.0 Å². The maximum absolute atomic E-state index is 5.73. The Hall–Kier alpha value is -2.75. The van der Waals surface area contributed by atoms with E-state index in [0.717, 1.165) is 22.5 Å². The number of ether oxygens (including phenoxy) is 3. The summed E-state index contributed by atoms with van der Waals surface area (Å²) in [5.74, 6) is 0.856. The van der Waals surface area contributed by atoms with E-state index in [1.54, 1.807) is 11.6 Å². The maximum atomic E-state index is 5.73. The second-order valence-electron chi connectivity index (χ2n) is 6.95. The zero-order valence-corrected chi connectivity index (χ0v) is 17.2. The van der Waals surface area contributed by atoms with Gasteiger partial charge in [-0.3, -0.25) is 0 Å². The van der Waals surface area contributed by atoms with Gasteiger partial charge in [0, 0.05) is 25.3 Å². The molecule has 0 amide bonds. The summed E-state index contributed by atoms with van der Waals surface area (Å²) < 4.78 is 17.8. The van der Waals surface area contributed by atoms with Crippen molar-refractivity contribution in [3.8, 4) is 6.01 Å². The number of nitrogens with one attached hydrogen (secondary N) is 1. The largest absolute Gasteiger partial charge is 0.461 e. The van der Waals surface area contributed by atoms with E-state index in [-0.39, 0.29) is 5.92 Å². The van der Waals surface area contributed by atoms with Gasteiger partial charge in [-0.05, 0) is 17.5 Å². The summed E-state index contributed by atoms with van der Waals surface area (Å²) >= 11 is 0. The number of fused-ring (bicyclic) bond motifs is 1. The third-order valence-electron chi connectivity index (χ3n) is 4.33. The van der Waals surface area contributed by atoms with E-state index in [0.29, 0.717) is 44.9 Å². The van der Waals surface area contributed by atoms with Gasteiger partial charge in [0.1, 0.15) is 12.3 Å². The van der Waals surface area contributed by atoms with E-state index >= 15 is 0 Å². The first kappa shape index (κ1) is 21.0. The molecule has 0 aliphatic carbocycles. The van der Waals surface area contributed by atoms with E-state index < -0.39 is 0 Å². The topological polar surface area (TPSA) is 110 Å². The van der Waals surface area contributed by atoms with E-state index in [9.17, 15) is 0 Å². The number of hydrogen-bond donors (Lipinski definition) is 2. The molecule has 0 aliphatic rings. The predicted octanol–water partition coefficient (Wildman–Crippen LogP) is 1.77. The Morgan fingerprint density at radius 3 is 2.72 bits per heavy atom. The Balaban J connectivity index is 1.77. The molecule has 9 nitrogen and oxygen atoms in total. The van der Waals surface area contributed by atoms with Gasteiger partial charge in [-0.15, -0.1) is 0 Å². The summed E-state index contributed by atoms with van der Waals surface area (Å²) in [5.41, 5.74) is 7.82.